The third-order valence-corrected chi connectivity index (χ3v) is 0.636. The van der Waals surface area contributed by atoms with Crippen molar-refractivity contribution in [2.75, 3.05) is 0 Å². The summed E-state index contributed by atoms with van der Waals surface area (Å²) < 4.78 is 0. The van der Waals surface area contributed by atoms with Gasteiger partial charge in [0, 0.05) is 0 Å². The average Bonchev–Trinajstić information content (AvgIpc) is 1.27. The van der Waals surface area contributed by atoms with Crippen LogP contribution in [0.5, 0.6) is 0 Å². The summed E-state index contributed by atoms with van der Waals surface area (Å²) in [5.74, 6) is 0.500. The SMILES string of the molecule is C=C([O-])CC(C)C.[Li+]. The van der Waals surface area contributed by atoms with E-state index in [1.54, 1.807) is 0 Å². The van der Waals surface area contributed by atoms with Crippen LogP contribution in [0.15, 0.2) is 12.3 Å². The van der Waals surface area contributed by atoms with E-state index in [9.17, 15) is 5.11 Å². The average molecular weight is 106 g/mol. The molecule has 0 aromatic carbocycles. The third kappa shape index (κ3) is 9.46. The molecule has 0 amide bonds. The third-order valence-electron chi connectivity index (χ3n) is 0.636. The molecule has 0 rings (SSSR count). The molecule has 0 spiro atoms. The first-order valence-corrected chi connectivity index (χ1v) is 2.47. The predicted octanol–water partition coefficient (Wildman–Crippen LogP) is -2.09. The van der Waals surface area contributed by atoms with Gasteiger partial charge in [-0.25, -0.2) is 0 Å². The van der Waals surface area contributed by atoms with Gasteiger partial charge in [-0.1, -0.05) is 13.8 Å². The van der Waals surface area contributed by atoms with E-state index in [0.29, 0.717) is 12.3 Å². The molecule has 0 N–H and O–H groups in total. The molecule has 0 atom stereocenters. The number of allylic oxidation sites excluding steroid dienone is 1. The Hall–Kier alpha value is 0.137. The maximum Gasteiger partial charge on any atom is 1.00 e. The van der Waals surface area contributed by atoms with Gasteiger partial charge in [0.1, 0.15) is 0 Å². The van der Waals surface area contributed by atoms with Gasteiger partial charge in [0.15, 0.2) is 0 Å². The second kappa shape index (κ2) is 5.28. The van der Waals surface area contributed by atoms with Crippen molar-refractivity contribution in [1.29, 1.82) is 0 Å². The van der Waals surface area contributed by atoms with Crippen LogP contribution in [-0.4, -0.2) is 0 Å². The molecule has 0 heterocycles. The maximum absolute atomic E-state index is 10.1. The summed E-state index contributed by atoms with van der Waals surface area (Å²) in [4.78, 5) is 0. The standard InChI is InChI=1S/C6H12O.Li/c1-5(2)4-6(3)7;/h5,7H,3-4H2,1-2H3;/q;+1/p-1. The second-order valence-corrected chi connectivity index (χ2v) is 2.14. The molecule has 8 heavy (non-hydrogen) atoms. The Morgan fingerprint density at radius 1 is 1.62 bits per heavy atom. The van der Waals surface area contributed by atoms with E-state index >= 15 is 0 Å². The topological polar surface area (TPSA) is 23.1 Å². The van der Waals surface area contributed by atoms with Gasteiger partial charge >= 0.3 is 18.9 Å². The molecule has 0 saturated carbocycles. The van der Waals surface area contributed by atoms with Gasteiger partial charge in [-0.05, 0) is 12.3 Å². The zero-order chi connectivity index (χ0) is 5.86. The van der Waals surface area contributed by atoms with Crippen LogP contribution in [-0.2, 0) is 0 Å². The fraction of sp³-hybridized carbons (Fsp3) is 0.667. The molecule has 42 valence electrons. The fourth-order valence-electron chi connectivity index (χ4n) is 0.455. The normalized spacial score (nSPS) is 8.38. The summed E-state index contributed by atoms with van der Waals surface area (Å²) in [6.45, 7) is 7.25. The molecule has 0 aliphatic carbocycles. The fourth-order valence-corrected chi connectivity index (χ4v) is 0.455. The van der Waals surface area contributed by atoms with Crippen molar-refractivity contribution in [2.45, 2.75) is 20.3 Å². The molecule has 1 nitrogen and oxygen atoms in total. The first kappa shape index (κ1) is 11.0. The van der Waals surface area contributed by atoms with Crippen LogP contribution in [0.2, 0.25) is 0 Å². The molecule has 0 aromatic rings. The molecular weight excluding hydrogens is 95.0 g/mol. The summed E-state index contributed by atoms with van der Waals surface area (Å²) in [5, 5.41) is 10.1. The number of hydrogen-bond donors (Lipinski definition) is 0. The molecule has 0 fully saturated rings. The van der Waals surface area contributed by atoms with E-state index in [4.69, 9.17) is 0 Å². The monoisotopic (exact) mass is 106 g/mol. The van der Waals surface area contributed by atoms with Crippen molar-refractivity contribution < 1.29 is 24.0 Å². The van der Waals surface area contributed by atoms with E-state index < -0.39 is 0 Å². The van der Waals surface area contributed by atoms with Crippen LogP contribution in [0.3, 0.4) is 0 Å². The van der Waals surface area contributed by atoms with E-state index in [0.717, 1.165) is 0 Å². The van der Waals surface area contributed by atoms with Gasteiger partial charge in [-0.15, -0.1) is 12.3 Å². The minimum absolute atomic E-state index is 0. The van der Waals surface area contributed by atoms with Crippen LogP contribution in [0.4, 0.5) is 0 Å². The van der Waals surface area contributed by atoms with Gasteiger partial charge in [0.25, 0.3) is 0 Å². The molecular formula is C6H11LiO. The van der Waals surface area contributed by atoms with Crippen molar-refractivity contribution in [1.82, 2.24) is 0 Å². The Morgan fingerprint density at radius 3 is 2.00 bits per heavy atom. The Labute approximate surface area is 63.0 Å². The smallest absolute Gasteiger partial charge is 0.876 e. The summed E-state index contributed by atoms with van der Waals surface area (Å²) in [5.41, 5.74) is 0. The minimum Gasteiger partial charge on any atom is -0.876 e. The Bertz CT molecular complexity index is 68.9. The molecule has 2 heteroatoms. The van der Waals surface area contributed by atoms with Gasteiger partial charge < -0.3 is 5.11 Å². The van der Waals surface area contributed by atoms with Gasteiger partial charge in [0.05, 0.1) is 0 Å². The Balaban J connectivity index is 0. The largest absolute Gasteiger partial charge is 1.00 e. The van der Waals surface area contributed by atoms with Crippen LogP contribution in [0.25, 0.3) is 0 Å². The molecule has 0 unspecified atom stereocenters. The van der Waals surface area contributed by atoms with Crippen molar-refractivity contribution in [3.05, 3.63) is 12.3 Å². The van der Waals surface area contributed by atoms with Crippen molar-refractivity contribution in [3.63, 3.8) is 0 Å². The zero-order valence-electron chi connectivity index (χ0n) is 5.90. The van der Waals surface area contributed by atoms with Gasteiger partial charge in [-0.2, -0.15) is 0 Å². The van der Waals surface area contributed by atoms with Gasteiger partial charge in [0.2, 0.25) is 0 Å². The van der Waals surface area contributed by atoms with Gasteiger partial charge in [-0.3, -0.25) is 0 Å². The van der Waals surface area contributed by atoms with Crippen molar-refractivity contribution in [2.24, 2.45) is 5.92 Å². The summed E-state index contributed by atoms with van der Waals surface area (Å²) >= 11 is 0. The van der Waals surface area contributed by atoms with E-state index in [-0.39, 0.29) is 24.6 Å². The Morgan fingerprint density at radius 2 is 2.00 bits per heavy atom. The van der Waals surface area contributed by atoms with E-state index in [1.807, 2.05) is 13.8 Å². The minimum atomic E-state index is 0. The summed E-state index contributed by atoms with van der Waals surface area (Å²) in [7, 11) is 0. The van der Waals surface area contributed by atoms with Crippen LogP contribution in [0.1, 0.15) is 20.3 Å². The van der Waals surface area contributed by atoms with Crippen molar-refractivity contribution >= 4 is 0 Å². The van der Waals surface area contributed by atoms with Crippen molar-refractivity contribution in [3.8, 4) is 0 Å². The quantitative estimate of drug-likeness (QED) is 0.292. The molecule has 0 radical (unpaired) electrons. The maximum atomic E-state index is 10.1. The van der Waals surface area contributed by atoms with Crippen LogP contribution >= 0.6 is 0 Å². The van der Waals surface area contributed by atoms with E-state index in [1.165, 1.54) is 0 Å². The zero-order valence-corrected chi connectivity index (χ0v) is 5.90. The molecule has 0 aliphatic rings. The Kier molecular flexibility index (Phi) is 7.26. The first-order valence-electron chi connectivity index (χ1n) is 2.47. The number of hydrogen-bond acceptors (Lipinski definition) is 1. The number of rotatable bonds is 2. The van der Waals surface area contributed by atoms with E-state index in [2.05, 4.69) is 6.58 Å². The molecule has 0 aromatic heterocycles. The molecule has 0 aliphatic heterocycles. The van der Waals surface area contributed by atoms with Crippen LogP contribution < -0.4 is 24.0 Å². The second-order valence-electron chi connectivity index (χ2n) is 2.14. The molecule has 0 saturated heterocycles. The predicted molar refractivity (Wildman–Crippen MR) is 28.6 cm³/mol. The van der Waals surface area contributed by atoms with Crippen LogP contribution in [0, 0.1) is 5.92 Å². The summed E-state index contributed by atoms with van der Waals surface area (Å²) in [6, 6.07) is 0. The summed E-state index contributed by atoms with van der Waals surface area (Å²) in [6.07, 6.45) is 0.611. The molecule has 0 bridgehead atoms. The first-order chi connectivity index (χ1) is 3.13.